The Hall–Kier alpha value is -2.34. The number of carbonyl (C=O) groups is 2. The number of nitrogens with one attached hydrogen (secondary N) is 1. The topological polar surface area (TPSA) is 79.3 Å². The van der Waals surface area contributed by atoms with Crippen molar-refractivity contribution in [1.29, 1.82) is 0 Å². The molecule has 0 fully saturated rings. The first-order valence-electron chi connectivity index (χ1n) is 6.23. The minimum Gasteiger partial charge on any atom is -0.478 e. The lowest BCUT2D eigenvalue weighted by atomic mass is 10.2. The molecule has 2 rings (SSSR count). The molecule has 0 saturated carbocycles. The van der Waals surface area contributed by atoms with Crippen LogP contribution < -0.4 is 5.32 Å². The Bertz CT molecular complexity index is 656. The van der Waals surface area contributed by atoms with Crippen LogP contribution in [0, 0.1) is 6.92 Å². The third-order valence-electron chi connectivity index (χ3n) is 2.72. The fourth-order valence-electron chi connectivity index (χ4n) is 1.65. The van der Waals surface area contributed by atoms with Crippen LogP contribution in [0.2, 0.25) is 0 Å². The van der Waals surface area contributed by atoms with Crippen molar-refractivity contribution in [1.82, 2.24) is 4.98 Å². The van der Waals surface area contributed by atoms with Crippen LogP contribution >= 0.6 is 11.8 Å². The SMILES string of the molecule is Cc1ccc(SCC(=O)Nc2cnccc2C(=O)O)cc1. The van der Waals surface area contributed by atoms with Gasteiger partial charge in [0.2, 0.25) is 5.91 Å². The van der Waals surface area contributed by atoms with Crippen LogP contribution in [-0.4, -0.2) is 27.7 Å². The third-order valence-corrected chi connectivity index (χ3v) is 3.73. The van der Waals surface area contributed by atoms with Gasteiger partial charge in [0.25, 0.3) is 0 Å². The number of amides is 1. The van der Waals surface area contributed by atoms with Crippen LogP contribution in [0.25, 0.3) is 0 Å². The molecule has 0 atom stereocenters. The second-order valence-corrected chi connectivity index (χ2v) is 5.43. The highest BCUT2D eigenvalue weighted by Gasteiger charge is 2.12. The highest BCUT2D eigenvalue weighted by atomic mass is 32.2. The van der Waals surface area contributed by atoms with Gasteiger partial charge in [0.15, 0.2) is 0 Å². The number of carbonyl (C=O) groups excluding carboxylic acids is 1. The molecule has 1 aromatic heterocycles. The van der Waals surface area contributed by atoms with E-state index >= 15 is 0 Å². The first-order valence-corrected chi connectivity index (χ1v) is 7.21. The van der Waals surface area contributed by atoms with E-state index in [1.165, 1.54) is 30.2 Å². The summed E-state index contributed by atoms with van der Waals surface area (Å²) < 4.78 is 0. The van der Waals surface area contributed by atoms with Crippen LogP contribution in [0.5, 0.6) is 0 Å². The van der Waals surface area contributed by atoms with E-state index in [4.69, 9.17) is 5.11 Å². The van der Waals surface area contributed by atoms with Gasteiger partial charge < -0.3 is 10.4 Å². The van der Waals surface area contributed by atoms with E-state index in [1.807, 2.05) is 31.2 Å². The summed E-state index contributed by atoms with van der Waals surface area (Å²) in [6.07, 6.45) is 2.71. The molecule has 1 aromatic carbocycles. The van der Waals surface area contributed by atoms with Gasteiger partial charge in [0.05, 0.1) is 23.2 Å². The zero-order chi connectivity index (χ0) is 15.2. The molecule has 2 aromatic rings. The lowest BCUT2D eigenvalue weighted by Crippen LogP contribution is -2.16. The average Bonchev–Trinajstić information content (AvgIpc) is 2.47. The second-order valence-electron chi connectivity index (χ2n) is 4.38. The first-order chi connectivity index (χ1) is 10.1. The molecular weight excluding hydrogens is 288 g/mol. The summed E-state index contributed by atoms with van der Waals surface area (Å²) in [5.74, 6) is -1.16. The molecule has 0 aliphatic rings. The molecule has 21 heavy (non-hydrogen) atoms. The zero-order valence-corrected chi connectivity index (χ0v) is 12.2. The highest BCUT2D eigenvalue weighted by Crippen LogP contribution is 2.19. The number of rotatable bonds is 5. The van der Waals surface area contributed by atoms with Gasteiger partial charge in [-0.25, -0.2) is 4.79 Å². The van der Waals surface area contributed by atoms with Crippen molar-refractivity contribution < 1.29 is 14.7 Å². The van der Waals surface area contributed by atoms with Crippen LogP contribution in [0.1, 0.15) is 15.9 Å². The summed E-state index contributed by atoms with van der Waals surface area (Å²) in [7, 11) is 0. The van der Waals surface area contributed by atoms with E-state index in [-0.39, 0.29) is 22.9 Å². The summed E-state index contributed by atoms with van der Waals surface area (Å²) in [5.41, 5.74) is 1.39. The van der Waals surface area contributed by atoms with E-state index < -0.39 is 5.97 Å². The van der Waals surface area contributed by atoms with Crippen LogP contribution in [-0.2, 0) is 4.79 Å². The zero-order valence-electron chi connectivity index (χ0n) is 11.4. The van der Waals surface area contributed by atoms with Crippen molar-refractivity contribution in [3.63, 3.8) is 0 Å². The van der Waals surface area contributed by atoms with Crippen LogP contribution in [0.4, 0.5) is 5.69 Å². The lowest BCUT2D eigenvalue weighted by Gasteiger charge is -2.07. The predicted octanol–water partition coefficient (Wildman–Crippen LogP) is 2.82. The van der Waals surface area contributed by atoms with Crippen molar-refractivity contribution >= 4 is 29.3 Å². The Kier molecular flexibility index (Phi) is 4.94. The Morgan fingerprint density at radius 3 is 2.62 bits per heavy atom. The quantitative estimate of drug-likeness (QED) is 0.830. The van der Waals surface area contributed by atoms with Crippen molar-refractivity contribution in [2.75, 3.05) is 11.1 Å². The minimum atomic E-state index is -1.10. The average molecular weight is 302 g/mol. The number of anilines is 1. The maximum Gasteiger partial charge on any atom is 0.337 e. The van der Waals surface area contributed by atoms with Gasteiger partial charge in [-0.15, -0.1) is 11.8 Å². The first kappa shape index (κ1) is 15.1. The Labute approximate surface area is 126 Å². The maximum absolute atomic E-state index is 11.9. The summed E-state index contributed by atoms with van der Waals surface area (Å²) in [5, 5.41) is 11.6. The Balaban J connectivity index is 1.96. The molecule has 5 nitrogen and oxygen atoms in total. The van der Waals surface area contributed by atoms with Crippen molar-refractivity contribution in [2.45, 2.75) is 11.8 Å². The number of carboxylic acids is 1. The number of pyridine rings is 1. The smallest absolute Gasteiger partial charge is 0.337 e. The van der Waals surface area contributed by atoms with Gasteiger partial charge in [0.1, 0.15) is 0 Å². The van der Waals surface area contributed by atoms with Gasteiger partial charge in [-0.2, -0.15) is 0 Å². The van der Waals surface area contributed by atoms with E-state index in [0.717, 1.165) is 10.5 Å². The van der Waals surface area contributed by atoms with Gasteiger partial charge >= 0.3 is 5.97 Å². The number of aromatic carboxylic acids is 1. The second kappa shape index (κ2) is 6.90. The molecule has 0 unspecified atom stereocenters. The highest BCUT2D eigenvalue weighted by molar-refractivity contribution is 8.00. The molecule has 0 aliphatic heterocycles. The van der Waals surface area contributed by atoms with Crippen molar-refractivity contribution in [2.24, 2.45) is 0 Å². The van der Waals surface area contributed by atoms with Crippen molar-refractivity contribution in [3.05, 3.63) is 53.9 Å². The number of aryl methyl sites for hydroxylation is 1. The molecule has 6 heteroatoms. The monoisotopic (exact) mass is 302 g/mol. The predicted molar refractivity (Wildman–Crippen MR) is 81.7 cm³/mol. The normalized spacial score (nSPS) is 10.1. The maximum atomic E-state index is 11.9. The summed E-state index contributed by atoms with van der Waals surface area (Å²) >= 11 is 1.39. The fraction of sp³-hybridized carbons (Fsp3) is 0.133. The molecular formula is C15H14N2O3S. The van der Waals surface area contributed by atoms with E-state index in [9.17, 15) is 9.59 Å². The number of benzene rings is 1. The molecule has 1 amide bonds. The standard InChI is InChI=1S/C15H14N2O3S/c1-10-2-4-11(5-3-10)21-9-14(18)17-13-8-16-7-6-12(13)15(19)20/h2-8H,9H2,1H3,(H,17,18)(H,19,20). The number of nitrogens with zero attached hydrogens (tertiary/aromatic N) is 1. The van der Waals surface area contributed by atoms with E-state index in [1.54, 1.807) is 0 Å². The molecule has 0 aliphatic carbocycles. The van der Waals surface area contributed by atoms with Crippen LogP contribution in [0.15, 0.2) is 47.6 Å². The molecule has 2 N–H and O–H groups in total. The lowest BCUT2D eigenvalue weighted by molar-refractivity contribution is -0.113. The van der Waals surface area contributed by atoms with E-state index in [2.05, 4.69) is 10.3 Å². The Morgan fingerprint density at radius 2 is 1.95 bits per heavy atom. The molecule has 108 valence electrons. The van der Waals surface area contributed by atoms with Gasteiger partial charge in [-0.05, 0) is 25.1 Å². The van der Waals surface area contributed by atoms with Crippen LogP contribution in [0.3, 0.4) is 0 Å². The molecule has 1 heterocycles. The van der Waals surface area contributed by atoms with E-state index in [0.29, 0.717) is 0 Å². The summed E-state index contributed by atoms with van der Waals surface area (Å²) in [4.78, 5) is 27.7. The number of hydrogen-bond donors (Lipinski definition) is 2. The van der Waals surface area contributed by atoms with Crippen molar-refractivity contribution in [3.8, 4) is 0 Å². The molecule has 0 saturated heterocycles. The number of thioether (sulfide) groups is 1. The molecule has 0 spiro atoms. The van der Waals surface area contributed by atoms with Gasteiger partial charge in [0, 0.05) is 11.1 Å². The third kappa shape index (κ3) is 4.32. The van der Waals surface area contributed by atoms with Gasteiger partial charge in [-0.1, -0.05) is 17.7 Å². The molecule has 0 bridgehead atoms. The number of hydrogen-bond acceptors (Lipinski definition) is 4. The summed E-state index contributed by atoms with van der Waals surface area (Å²) in [6, 6.07) is 9.19. The largest absolute Gasteiger partial charge is 0.478 e. The summed E-state index contributed by atoms with van der Waals surface area (Å²) in [6.45, 7) is 2.00. The minimum absolute atomic E-state index is 0.0266. The number of aromatic nitrogens is 1. The Morgan fingerprint density at radius 1 is 1.24 bits per heavy atom. The van der Waals surface area contributed by atoms with Gasteiger partial charge in [-0.3, -0.25) is 9.78 Å². The fourth-order valence-corrected chi connectivity index (χ4v) is 2.35. The molecule has 0 radical (unpaired) electrons. The number of carboxylic acid groups (broad SMARTS) is 1.